The van der Waals surface area contributed by atoms with E-state index in [0.717, 1.165) is 19.5 Å². The van der Waals surface area contributed by atoms with Crippen LogP contribution in [-0.2, 0) is 4.79 Å². The Hall–Kier alpha value is -0.570. The number of carbonyl (C=O) groups is 1. The summed E-state index contributed by atoms with van der Waals surface area (Å²) in [5.74, 6) is 0.997. The summed E-state index contributed by atoms with van der Waals surface area (Å²) in [6.07, 6.45) is 6.92. The van der Waals surface area contributed by atoms with E-state index in [1.165, 1.54) is 32.1 Å². The fourth-order valence-corrected chi connectivity index (χ4v) is 3.58. The number of amides is 1. The second-order valence-corrected chi connectivity index (χ2v) is 4.90. The topological polar surface area (TPSA) is 32.3 Å². The zero-order valence-corrected chi connectivity index (χ0v) is 8.59. The zero-order chi connectivity index (χ0) is 9.60. The van der Waals surface area contributed by atoms with E-state index in [0.29, 0.717) is 11.8 Å². The first-order chi connectivity index (χ1) is 6.83. The molecule has 2 heterocycles. The minimum atomic E-state index is 0.0909. The number of carbonyl (C=O) groups excluding carboxylic acids is 1. The largest absolute Gasteiger partial charge is 0.324 e. The van der Waals surface area contributed by atoms with Crippen molar-refractivity contribution < 1.29 is 4.79 Å². The fourth-order valence-electron chi connectivity index (χ4n) is 3.58. The molecule has 0 unspecified atom stereocenters. The average Bonchev–Trinajstić information content (AvgIpc) is 2.56. The maximum Gasteiger partial charge on any atom is 0.224 e. The second kappa shape index (κ2) is 2.96. The molecule has 1 aliphatic carbocycles. The lowest BCUT2D eigenvalue weighted by molar-refractivity contribution is -0.131. The van der Waals surface area contributed by atoms with Crippen LogP contribution in [0.4, 0.5) is 0 Å². The molecule has 3 rings (SSSR count). The van der Waals surface area contributed by atoms with Crippen molar-refractivity contribution in [1.29, 1.82) is 0 Å². The van der Waals surface area contributed by atoms with Crippen LogP contribution in [0, 0.1) is 5.92 Å². The van der Waals surface area contributed by atoms with Crippen molar-refractivity contribution in [2.75, 3.05) is 13.1 Å². The molecule has 3 aliphatic rings. The summed E-state index contributed by atoms with van der Waals surface area (Å²) in [7, 11) is 0. The Labute approximate surface area is 84.8 Å². The van der Waals surface area contributed by atoms with Crippen LogP contribution in [-0.4, -0.2) is 29.6 Å². The molecule has 0 aromatic rings. The van der Waals surface area contributed by atoms with Gasteiger partial charge in [-0.3, -0.25) is 10.1 Å². The van der Waals surface area contributed by atoms with Gasteiger partial charge in [-0.15, -0.1) is 0 Å². The highest BCUT2D eigenvalue weighted by Crippen LogP contribution is 2.46. The van der Waals surface area contributed by atoms with Crippen LogP contribution in [0.3, 0.4) is 0 Å². The molecule has 2 atom stereocenters. The van der Waals surface area contributed by atoms with E-state index in [1.54, 1.807) is 0 Å². The molecular formula is C11H18N2O. The van der Waals surface area contributed by atoms with Crippen molar-refractivity contribution in [3.63, 3.8) is 0 Å². The van der Waals surface area contributed by atoms with Gasteiger partial charge < -0.3 is 4.90 Å². The highest BCUT2D eigenvalue weighted by atomic mass is 16.2. The van der Waals surface area contributed by atoms with Gasteiger partial charge in [0.25, 0.3) is 0 Å². The third-order valence-corrected chi connectivity index (χ3v) is 4.23. The zero-order valence-electron chi connectivity index (χ0n) is 8.59. The van der Waals surface area contributed by atoms with Crippen molar-refractivity contribution in [1.82, 2.24) is 10.2 Å². The van der Waals surface area contributed by atoms with E-state index in [-0.39, 0.29) is 5.66 Å². The molecule has 0 bridgehead atoms. The normalized spacial score (nSPS) is 42.1. The van der Waals surface area contributed by atoms with Gasteiger partial charge in [-0.2, -0.15) is 0 Å². The van der Waals surface area contributed by atoms with E-state index >= 15 is 0 Å². The number of hydrogen-bond donors (Lipinski definition) is 1. The van der Waals surface area contributed by atoms with Crippen LogP contribution in [0.2, 0.25) is 0 Å². The average molecular weight is 194 g/mol. The Bertz CT molecular complexity index is 266. The molecule has 78 valence electrons. The predicted octanol–water partition coefficient (Wildman–Crippen LogP) is 1.10. The minimum absolute atomic E-state index is 0.0909. The summed E-state index contributed by atoms with van der Waals surface area (Å²) < 4.78 is 0. The van der Waals surface area contributed by atoms with E-state index < -0.39 is 0 Å². The van der Waals surface area contributed by atoms with Gasteiger partial charge in [0.1, 0.15) is 0 Å². The predicted molar refractivity (Wildman–Crippen MR) is 53.6 cm³/mol. The fraction of sp³-hybridized carbons (Fsp3) is 0.909. The smallest absolute Gasteiger partial charge is 0.224 e. The Morgan fingerprint density at radius 3 is 3.21 bits per heavy atom. The van der Waals surface area contributed by atoms with Crippen LogP contribution < -0.4 is 5.32 Å². The van der Waals surface area contributed by atoms with Crippen molar-refractivity contribution >= 4 is 5.91 Å². The van der Waals surface area contributed by atoms with E-state index in [2.05, 4.69) is 10.2 Å². The molecule has 1 N–H and O–H groups in total. The van der Waals surface area contributed by atoms with E-state index in [9.17, 15) is 4.79 Å². The molecule has 14 heavy (non-hydrogen) atoms. The highest BCUT2D eigenvalue weighted by Gasteiger charge is 2.54. The summed E-state index contributed by atoms with van der Waals surface area (Å²) in [5, 5.41) is 3.65. The van der Waals surface area contributed by atoms with Crippen molar-refractivity contribution in [2.45, 2.75) is 44.2 Å². The van der Waals surface area contributed by atoms with Crippen molar-refractivity contribution in [2.24, 2.45) is 5.92 Å². The van der Waals surface area contributed by atoms with Crippen LogP contribution in [0.15, 0.2) is 0 Å². The summed E-state index contributed by atoms with van der Waals surface area (Å²) in [5.41, 5.74) is 0.0909. The minimum Gasteiger partial charge on any atom is -0.324 e. The Balaban J connectivity index is 1.96. The van der Waals surface area contributed by atoms with Crippen LogP contribution >= 0.6 is 0 Å². The quantitative estimate of drug-likeness (QED) is 0.626. The standard InChI is InChI=1S/C11H18N2O/c14-10-8-9-4-3-5-11(9)12-6-1-2-7-13(10)11/h9,12H,1-8H2/t9-,11-/m1/s1. The lowest BCUT2D eigenvalue weighted by atomic mass is 9.97. The SMILES string of the molecule is O=C1C[C@H]2CCC[C@]23NCCCCN13. The Kier molecular flexibility index (Phi) is 1.84. The van der Waals surface area contributed by atoms with Gasteiger partial charge in [0.2, 0.25) is 5.91 Å². The van der Waals surface area contributed by atoms with Gasteiger partial charge in [0.05, 0.1) is 5.66 Å². The first-order valence-corrected chi connectivity index (χ1v) is 5.88. The highest BCUT2D eigenvalue weighted by molar-refractivity contribution is 5.80. The molecule has 1 amide bonds. The lowest BCUT2D eigenvalue weighted by Crippen LogP contribution is -2.56. The molecule has 1 saturated carbocycles. The molecule has 0 aromatic heterocycles. The molecule has 0 aromatic carbocycles. The van der Waals surface area contributed by atoms with Crippen LogP contribution in [0.5, 0.6) is 0 Å². The van der Waals surface area contributed by atoms with Gasteiger partial charge in [0.15, 0.2) is 0 Å². The molecular weight excluding hydrogens is 176 g/mol. The van der Waals surface area contributed by atoms with Gasteiger partial charge in [-0.05, 0) is 38.6 Å². The third kappa shape index (κ3) is 0.991. The van der Waals surface area contributed by atoms with Gasteiger partial charge in [0, 0.05) is 18.9 Å². The maximum atomic E-state index is 11.9. The number of hydrogen-bond acceptors (Lipinski definition) is 2. The number of rotatable bonds is 0. The number of nitrogens with zero attached hydrogens (tertiary/aromatic N) is 1. The molecule has 3 nitrogen and oxygen atoms in total. The molecule has 3 heteroatoms. The molecule has 1 spiro atoms. The molecule has 3 fully saturated rings. The molecule has 2 aliphatic heterocycles. The summed E-state index contributed by atoms with van der Waals surface area (Å²) in [4.78, 5) is 14.0. The van der Waals surface area contributed by atoms with Crippen molar-refractivity contribution in [3.05, 3.63) is 0 Å². The number of nitrogens with one attached hydrogen (secondary N) is 1. The third-order valence-electron chi connectivity index (χ3n) is 4.23. The molecule has 0 radical (unpaired) electrons. The van der Waals surface area contributed by atoms with Gasteiger partial charge in [-0.1, -0.05) is 0 Å². The second-order valence-electron chi connectivity index (χ2n) is 4.90. The summed E-state index contributed by atoms with van der Waals surface area (Å²) >= 11 is 0. The monoisotopic (exact) mass is 194 g/mol. The Morgan fingerprint density at radius 2 is 2.29 bits per heavy atom. The summed E-state index contributed by atoms with van der Waals surface area (Å²) in [6, 6.07) is 0. The van der Waals surface area contributed by atoms with Crippen LogP contribution in [0.1, 0.15) is 38.5 Å². The van der Waals surface area contributed by atoms with Gasteiger partial charge in [-0.25, -0.2) is 0 Å². The van der Waals surface area contributed by atoms with E-state index in [1.807, 2.05) is 0 Å². The van der Waals surface area contributed by atoms with Crippen molar-refractivity contribution in [3.8, 4) is 0 Å². The van der Waals surface area contributed by atoms with Crippen LogP contribution in [0.25, 0.3) is 0 Å². The van der Waals surface area contributed by atoms with Gasteiger partial charge >= 0.3 is 0 Å². The summed E-state index contributed by atoms with van der Waals surface area (Å²) in [6.45, 7) is 2.09. The van der Waals surface area contributed by atoms with E-state index in [4.69, 9.17) is 0 Å². The maximum absolute atomic E-state index is 11.9. The lowest BCUT2D eigenvalue weighted by Gasteiger charge is -2.37. The first-order valence-electron chi connectivity index (χ1n) is 5.88. The first kappa shape index (κ1) is 8.72. The molecule has 2 saturated heterocycles. The Morgan fingerprint density at radius 1 is 1.36 bits per heavy atom.